The number of benzene rings is 2. The number of ether oxygens (including phenoxy) is 4. The first kappa shape index (κ1) is 24.6. The molecule has 0 bridgehead atoms. The van der Waals surface area contributed by atoms with E-state index < -0.39 is 0 Å². The number of hydrogen-bond acceptors (Lipinski definition) is 5. The van der Waals surface area contributed by atoms with E-state index in [-0.39, 0.29) is 12.1 Å². The molecule has 0 aliphatic rings. The van der Waals surface area contributed by atoms with Crippen LogP contribution in [0, 0.1) is 0 Å². The van der Waals surface area contributed by atoms with Crippen LogP contribution < -0.4 is 9.47 Å². The summed E-state index contributed by atoms with van der Waals surface area (Å²) in [7, 11) is 0. The van der Waals surface area contributed by atoms with Crippen molar-refractivity contribution < 1.29 is 23.7 Å². The van der Waals surface area contributed by atoms with E-state index in [1.807, 2.05) is 38.1 Å². The molecule has 30 heavy (non-hydrogen) atoms. The minimum atomic E-state index is -0.366. The number of rotatable bonds is 13. The van der Waals surface area contributed by atoms with Gasteiger partial charge in [-0.25, -0.2) is 4.79 Å². The van der Waals surface area contributed by atoms with Gasteiger partial charge in [0.05, 0.1) is 24.9 Å². The predicted octanol–water partition coefficient (Wildman–Crippen LogP) is 6.00. The number of unbranched alkanes of at least 4 members (excludes halogenated alkanes) is 1. The average Bonchev–Trinajstić information content (AvgIpc) is 2.74. The third-order valence-corrected chi connectivity index (χ3v) is 5.11. The van der Waals surface area contributed by atoms with Gasteiger partial charge in [0.2, 0.25) is 0 Å². The van der Waals surface area contributed by atoms with Crippen molar-refractivity contribution in [1.82, 2.24) is 0 Å². The Morgan fingerprint density at radius 2 is 1.57 bits per heavy atom. The molecule has 2 aromatic rings. The zero-order valence-corrected chi connectivity index (χ0v) is 20.1. The lowest BCUT2D eigenvalue weighted by Crippen LogP contribution is -2.16. The summed E-state index contributed by atoms with van der Waals surface area (Å²) in [5.41, 5.74) is 1.72. The Morgan fingerprint density at radius 3 is 2.20 bits per heavy atom. The maximum Gasteiger partial charge on any atom is 0.343 e. The van der Waals surface area contributed by atoms with Gasteiger partial charge in [0, 0.05) is 17.1 Å². The molecule has 1 unspecified atom stereocenters. The van der Waals surface area contributed by atoms with Crippen molar-refractivity contribution in [3.8, 4) is 11.5 Å². The molecule has 0 spiro atoms. The van der Waals surface area contributed by atoms with Crippen molar-refractivity contribution in [3.05, 3.63) is 59.7 Å². The Morgan fingerprint density at radius 1 is 0.933 bits per heavy atom. The van der Waals surface area contributed by atoms with Gasteiger partial charge in [0.25, 0.3) is 0 Å². The highest BCUT2D eigenvalue weighted by Crippen LogP contribution is 2.23. The minimum absolute atomic E-state index is 0.137. The molecule has 5 nitrogen and oxygen atoms in total. The minimum Gasteiger partial charge on any atom is -0.494 e. The highest BCUT2D eigenvalue weighted by atomic mass is 127. The first-order chi connectivity index (χ1) is 14.5. The van der Waals surface area contributed by atoms with Crippen LogP contribution in [0.3, 0.4) is 0 Å². The maximum atomic E-state index is 12.3. The molecule has 0 aromatic heterocycles. The average molecular weight is 526 g/mol. The smallest absolute Gasteiger partial charge is 0.343 e. The summed E-state index contributed by atoms with van der Waals surface area (Å²) in [4.78, 5) is 12.3. The van der Waals surface area contributed by atoms with E-state index in [0.717, 1.165) is 18.6 Å². The molecule has 0 saturated heterocycles. The van der Waals surface area contributed by atoms with Crippen molar-refractivity contribution >= 4 is 28.6 Å². The third-order valence-electron chi connectivity index (χ3n) is 4.40. The zero-order valence-electron chi connectivity index (χ0n) is 17.9. The van der Waals surface area contributed by atoms with E-state index >= 15 is 0 Å². The lowest BCUT2D eigenvalue weighted by Gasteiger charge is -2.12. The van der Waals surface area contributed by atoms with Crippen molar-refractivity contribution in [2.75, 3.05) is 26.4 Å². The van der Waals surface area contributed by atoms with E-state index in [9.17, 15) is 4.79 Å². The lowest BCUT2D eigenvalue weighted by molar-refractivity contribution is -0.00271. The van der Waals surface area contributed by atoms with E-state index in [2.05, 4.69) is 29.5 Å². The van der Waals surface area contributed by atoms with Gasteiger partial charge >= 0.3 is 5.97 Å². The second-order valence-electron chi connectivity index (χ2n) is 7.00. The Hall–Kier alpha value is -1.64. The van der Waals surface area contributed by atoms with Crippen LogP contribution >= 0.6 is 22.6 Å². The van der Waals surface area contributed by atoms with Gasteiger partial charge in [0.15, 0.2) is 0 Å². The fourth-order valence-corrected chi connectivity index (χ4v) is 3.15. The standard InChI is InChI=1S/C24H31IO5/c1-4-28-18(2)17-27-15-5-6-16-29-22-11-13-23(14-12-22)30-24(26)21-9-7-20(8-10-21)19(3)25/h7-14,18-19H,4-6,15-17H2,1-3H3/t18-,19?/m0/s1. The topological polar surface area (TPSA) is 54.0 Å². The zero-order chi connectivity index (χ0) is 21.8. The Bertz CT molecular complexity index is 743. The fourth-order valence-electron chi connectivity index (χ4n) is 2.73. The van der Waals surface area contributed by atoms with Gasteiger partial charge in [-0.05, 0) is 75.6 Å². The number of carbonyl (C=O) groups is 1. The monoisotopic (exact) mass is 526 g/mol. The number of halogens is 1. The predicted molar refractivity (Wildman–Crippen MR) is 127 cm³/mol. The van der Waals surface area contributed by atoms with Crippen LogP contribution in [-0.4, -0.2) is 38.5 Å². The van der Waals surface area contributed by atoms with Crippen molar-refractivity contribution in [3.63, 3.8) is 0 Å². The van der Waals surface area contributed by atoms with Crippen LogP contribution in [-0.2, 0) is 9.47 Å². The normalized spacial score (nSPS) is 12.9. The van der Waals surface area contributed by atoms with Crippen molar-refractivity contribution in [2.24, 2.45) is 0 Å². The number of esters is 1. The Balaban J connectivity index is 1.66. The molecule has 0 amide bonds. The van der Waals surface area contributed by atoms with Crippen molar-refractivity contribution in [2.45, 2.75) is 43.6 Å². The van der Waals surface area contributed by atoms with Crippen molar-refractivity contribution in [1.29, 1.82) is 0 Å². The van der Waals surface area contributed by atoms with Gasteiger partial charge < -0.3 is 18.9 Å². The van der Waals surface area contributed by atoms with Crippen LogP contribution in [0.25, 0.3) is 0 Å². The second kappa shape index (κ2) is 13.6. The maximum absolute atomic E-state index is 12.3. The molecule has 0 heterocycles. The van der Waals surface area contributed by atoms with Gasteiger partial charge in [0.1, 0.15) is 11.5 Å². The molecule has 0 aliphatic heterocycles. The van der Waals surface area contributed by atoms with Gasteiger partial charge in [-0.15, -0.1) is 0 Å². The molecule has 2 rings (SSSR count). The summed E-state index contributed by atoms with van der Waals surface area (Å²) in [6, 6.07) is 14.6. The first-order valence-corrected chi connectivity index (χ1v) is 11.6. The SMILES string of the molecule is CCO[C@@H](C)COCCCCOc1ccc(OC(=O)c2ccc(C(C)I)cc2)cc1. The number of hydrogen-bond donors (Lipinski definition) is 0. The quantitative estimate of drug-likeness (QED) is 0.105. The summed E-state index contributed by atoms with van der Waals surface area (Å²) in [5.74, 6) is 0.881. The molecule has 164 valence electrons. The summed E-state index contributed by atoms with van der Waals surface area (Å²) in [5, 5.41) is 0. The Kier molecular flexibility index (Phi) is 11.2. The van der Waals surface area contributed by atoms with E-state index in [1.165, 1.54) is 5.56 Å². The lowest BCUT2D eigenvalue weighted by atomic mass is 10.1. The summed E-state index contributed by atoms with van der Waals surface area (Å²) >= 11 is 2.34. The van der Waals surface area contributed by atoms with E-state index in [4.69, 9.17) is 18.9 Å². The molecule has 0 N–H and O–H groups in total. The van der Waals surface area contributed by atoms with Crippen LogP contribution in [0.5, 0.6) is 11.5 Å². The molecule has 0 aliphatic carbocycles. The molecular formula is C24H31IO5. The van der Waals surface area contributed by atoms with Gasteiger partial charge in [-0.1, -0.05) is 34.7 Å². The highest BCUT2D eigenvalue weighted by Gasteiger charge is 2.10. The van der Waals surface area contributed by atoms with Gasteiger partial charge in [-0.3, -0.25) is 0 Å². The van der Waals surface area contributed by atoms with E-state index in [1.54, 1.807) is 24.3 Å². The van der Waals surface area contributed by atoms with Crippen LogP contribution in [0.1, 0.15) is 53.5 Å². The molecule has 6 heteroatoms. The largest absolute Gasteiger partial charge is 0.494 e. The summed E-state index contributed by atoms with van der Waals surface area (Å²) < 4.78 is 22.6. The highest BCUT2D eigenvalue weighted by molar-refractivity contribution is 14.1. The second-order valence-corrected chi connectivity index (χ2v) is 8.86. The summed E-state index contributed by atoms with van der Waals surface area (Å²) in [6.45, 7) is 8.75. The third kappa shape index (κ3) is 9.02. The summed E-state index contributed by atoms with van der Waals surface area (Å²) in [6.07, 6.45) is 1.98. The van der Waals surface area contributed by atoms with E-state index in [0.29, 0.717) is 41.7 Å². The van der Waals surface area contributed by atoms with Gasteiger partial charge in [-0.2, -0.15) is 0 Å². The number of alkyl halides is 1. The first-order valence-electron chi connectivity index (χ1n) is 10.4. The molecule has 2 aromatic carbocycles. The van der Waals surface area contributed by atoms with Crippen LogP contribution in [0.2, 0.25) is 0 Å². The molecule has 2 atom stereocenters. The molecule has 0 saturated carbocycles. The molecule has 0 radical (unpaired) electrons. The molecular weight excluding hydrogens is 495 g/mol. The van der Waals surface area contributed by atoms with Crippen LogP contribution in [0.4, 0.5) is 0 Å². The fraction of sp³-hybridized carbons (Fsp3) is 0.458. The van der Waals surface area contributed by atoms with Crippen LogP contribution in [0.15, 0.2) is 48.5 Å². The number of carbonyl (C=O) groups excluding carboxylic acids is 1. The Labute approximate surface area is 193 Å². The molecule has 0 fully saturated rings.